The molecule has 0 aromatic carbocycles. The molecular weight excluding hydrogens is 161 g/mol. The molecule has 0 atom stereocenters. The first-order chi connectivity index (χ1) is 5.43. The van der Waals surface area contributed by atoms with E-state index in [4.69, 9.17) is 10.4 Å². The van der Waals surface area contributed by atoms with Crippen LogP contribution in [0.1, 0.15) is 13.8 Å². The molecule has 0 aliphatic carbocycles. The Labute approximate surface area is 70.1 Å². The second-order valence-corrected chi connectivity index (χ2v) is 3.10. The minimum Gasteiger partial charge on any atom is -0.477 e. The SMILES string of the molecule is CC(C)(C=C(C#N)C(=O)O)CF. The van der Waals surface area contributed by atoms with Crippen molar-refractivity contribution in [3.63, 3.8) is 0 Å². The number of alkyl halides is 1. The van der Waals surface area contributed by atoms with Crippen LogP contribution in [-0.2, 0) is 4.79 Å². The Morgan fingerprint density at radius 1 is 1.75 bits per heavy atom. The highest BCUT2D eigenvalue weighted by atomic mass is 19.1. The fourth-order valence-electron chi connectivity index (χ4n) is 0.571. The third-order valence-electron chi connectivity index (χ3n) is 1.23. The second kappa shape index (κ2) is 3.86. The molecule has 12 heavy (non-hydrogen) atoms. The molecule has 0 radical (unpaired) electrons. The Kier molecular flexibility index (Phi) is 3.42. The number of halogens is 1. The molecule has 0 aromatic rings. The van der Waals surface area contributed by atoms with E-state index in [0.29, 0.717) is 0 Å². The number of carbonyl (C=O) groups is 1. The van der Waals surface area contributed by atoms with Crippen LogP contribution in [0, 0.1) is 16.7 Å². The van der Waals surface area contributed by atoms with Crippen LogP contribution in [0.15, 0.2) is 11.6 Å². The predicted octanol–water partition coefficient (Wildman–Crippen LogP) is 1.52. The van der Waals surface area contributed by atoms with Crippen molar-refractivity contribution < 1.29 is 14.3 Å². The summed E-state index contributed by atoms with van der Waals surface area (Å²) in [5.41, 5.74) is -1.30. The van der Waals surface area contributed by atoms with Crippen LogP contribution in [0.2, 0.25) is 0 Å². The monoisotopic (exact) mass is 171 g/mol. The van der Waals surface area contributed by atoms with Gasteiger partial charge in [0.15, 0.2) is 0 Å². The average Bonchev–Trinajstić information content (AvgIpc) is 2.00. The molecule has 3 nitrogen and oxygen atoms in total. The van der Waals surface area contributed by atoms with Gasteiger partial charge in [-0.05, 0) is 0 Å². The fourth-order valence-corrected chi connectivity index (χ4v) is 0.571. The van der Waals surface area contributed by atoms with Crippen molar-refractivity contribution in [2.24, 2.45) is 5.41 Å². The van der Waals surface area contributed by atoms with Crippen molar-refractivity contribution in [3.8, 4) is 6.07 Å². The first-order valence-corrected chi connectivity index (χ1v) is 3.35. The molecule has 0 aliphatic heterocycles. The van der Waals surface area contributed by atoms with Gasteiger partial charge in [-0.3, -0.25) is 4.39 Å². The van der Waals surface area contributed by atoms with Crippen molar-refractivity contribution in [1.82, 2.24) is 0 Å². The molecule has 0 bridgehead atoms. The van der Waals surface area contributed by atoms with Crippen LogP contribution in [0.25, 0.3) is 0 Å². The highest BCUT2D eigenvalue weighted by molar-refractivity contribution is 5.91. The third-order valence-corrected chi connectivity index (χ3v) is 1.23. The zero-order chi connectivity index (χ0) is 9.78. The summed E-state index contributed by atoms with van der Waals surface area (Å²) in [6, 6.07) is 1.49. The summed E-state index contributed by atoms with van der Waals surface area (Å²) in [6.07, 6.45) is 1.12. The molecule has 0 rings (SSSR count). The van der Waals surface area contributed by atoms with Crippen LogP contribution >= 0.6 is 0 Å². The van der Waals surface area contributed by atoms with Gasteiger partial charge in [0.05, 0.1) is 6.67 Å². The largest absolute Gasteiger partial charge is 0.477 e. The smallest absolute Gasteiger partial charge is 0.346 e. The van der Waals surface area contributed by atoms with E-state index in [2.05, 4.69) is 0 Å². The third kappa shape index (κ3) is 3.15. The number of hydrogen-bond acceptors (Lipinski definition) is 2. The number of allylic oxidation sites excluding steroid dienone is 1. The van der Waals surface area contributed by atoms with E-state index in [0.717, 1.165) is 6.08 Å². The van der Waals surface area contributed by atoms with Gasteiger partial charge >= 0.3 is 5.97 Å². The summed E-state index contributed by atoms with van der Waals surface area (Å²) in [7, 11) is 0. The highest BCUT2D eigenvalue weighted by Crippen LogP contribution is 2.19. The van der Waals surface area contributed by atoms with Crippen LogP contribution in [0.5, 0.6) is 0 Å². The van der Waals surface area contributed by atoms with Crippen LogP contribution in [-0.4, -0.2) is 17.8 Å². The molecule has 1 N–H and O–H groups in total. The summed E-state index contributed by atoms with van der Waals surface area (Å²) in [6.45, 7) is 2.35. The van der Waals surface area contributed by atoms with Gasteiger partial charge in [0.1, 0.15) is 11.6 Å². The number of carboxylic acid groups (broad SMARTS) is 1. The van der Waals surface area contributed by atoms with Crippen LogP contribution < -0.4 is 0 Å². The highest BCUT2D eigenvalue weighted by Gasteiger charge is 2.18. The number of carboxylic acids is 1. The van der Waals surface area contributed by atoms with Crippen molar-refractivity contribution in [3.05, 3.63) is 11.6 Å². The summed E-state index contributed by atoms with van der Waals surface area (Å²) < 4.78 is 12.2. The summed E-state index contributed by atoms with van der Waals surface area (Å²) >= 11 is 0. The Morgan fingerprint density at radius 3 is 2.50 bits per heavy atom. The predicted molar refractivity (Wildman–Crippen MR) is 41.1 cm³/mol. The molecule has 0 heterocycles. The Morgan fingerprint density at radius 2 is 2.25 bits per heavy atom. The first-order valence-electron chi connectivity index (χ1n) is 3.35. The molecular formula is C8H10FNO2. The maximum atomic E-state index is 12.2. The normalized spacial score (nSPS) is 12.3. The summed E-state index contributed by atoms with van der Waals surface area (Å²) in [4.78, 5) is 10.3. The number of nitrogens with zero attached hydrogens (tertiary/aromatic N) is 1. The lowest BCUT2D eigenvalue weighted by Gasteiger charge is -2.14. The molecule has 0 spiro atoms. The van der Waals surface area contributed by atoms with E-state index in [1.165, 1.54) is 19.9 Å². The van der Waals surface area contributed by atoms with Crippen molar-refractivity contribution in [1.29, 1.82) is 5.26 Å². The lowest BCUT2D eigenvalue weighted by molar-refractivity contribution is -0.132. The number of aliphatic carboxylic acids is 1. The molecule has 66 valence electrons. The zero-order valence-electron chi connectivity index (χ0n) is 6.97. The van der Waals surface area contributed by atoms with Gasteiger partial charge in [0.25, 0.3) is 0 Å². The Balaban J connectivity index is 4.75. The lowest BCUT2D eigenvalue weighted by atomic mass is 9.93. The maximum Gasteiger partial charge on any atom is 0.346 e. The van der Waals surface area contributed by atoms with E-state index in [1.807, 2.05) is 0 Å². The lowest BCUT2D eigenvalue weighted by Crippen LogP contribution is -2.13. The topological polar surface area (TPSA) is 61.1 Å². The first kappa shape index (κ1) is 10.6. The number of hydrogen-bond donors (Lipinski definition) is 1. The fraction of sp³-hybridized carbons (Fsp3) is 0.500. The van der Waals surface area contributed by atoms with Crippen molar-refractivity contribution in [2.75, 3.05) is 6.67 Å². The second-order valence-electron chi connectivity index (χ2n) is 3.10. The molecule has 0 saturated heterocycles. The minimum absolute atomic E-state index is 0.419. The molecule has 0 fully saturated rings. The van der Waals surface area contributed by atoms with E-state index in [9.17, 15) is 9.18 Å². The van der Waals surface area contributed by atoms with Crippen LogP contribution in [0.4, 0.5) is 4.39 Å². The van der Waals surface area contributed by atoms with Gasteiger partial charge < -0.3 is 5.11 Å². The van der Waals surface area contributed by atoms with E-state index in [-0.39, 0.29) is 0 Å². The minimum atomic E-state index is -1.32. The van der Waals surface area contributed by atoms with Gasteiger partial charge in [0.2, 0.25) is 0 Å². The molecule has 0 saturated carbocycles. The number of nitriles is 1. The van der Waals surface area contributed by atoms with Gasteiger partial charge in [0, 0.05) is 5.41 Å². The molecule has 0 amide bonds. The van der Waals surface area contributed by atoms with Gasteiger partial charge in [-0.15, -0.1) is 0 Å². The van der Waals surface area contributed by atoms with Gasteiger partial charge in [-0.1, -0.05) is 19.9 Å². The van der Waals surface area contributed by atoms with Crippen LogP contribution in [0.3, 0.4) is 0 Å². The van der Waals surface area contributed by atoms with E-state index >= 15 is 0 Å². The summed E-state index contributed by atoms with van der Waals surface area (Å²) in [5.74, 6) is -1.32. The zero-order valence-corrected chi connectivity index (χ0v) is 6.97. The summed E-state index contributed by atoms with van der Waals surface area (Å²) in [5, 5.41) is 16.8. The maximum absolute atomic E-state index is 12.2. The molecule has 0 aromatic heterocycles. The Hall–Kier alpha value is -1.37. The molecule has 0 aliphatic rings. The molecule has 4 heteroatoms. The van der Waals surface area contributed by atoms with E-state index in [1.54, 1.807) is 0 Å². The quantitative estimate of drug-likeness (QED) is 0.517. The van der Waals surface area contributed by atoms with Crippen molar-refractivity contribution in [2.45, 2.75) is 13.8 Å². The number of rotatable bonds is 3. The average molecular weight is 171 g/mol. The van der Waals surface area contributed by atoms with Gasteiger partial charge in [-0.25, -0.2) is 4.79 Å². The Bertz CT molecular complexity index is 250. The standard InChI is InChI=1S/C8H10FNO2/c1-8(2,5-9)3-6(4-10)7(11)12/h3H,5H2,1-2H3,(H,11,12). The van der Waals surface area contributed by atoms with Gasteiger partial charge in [-0.2, -0.15) is 5.26 Å². The van der Waals surface area contributed by atoms with Crippen molar-refractivity contribution >= 4 is 5.97 Å². The van der Waals surface area contributed by atoms with E-state index < -0.39 is 23.6 Å². The molecule has 0 unspecified atom stereocenters.